The van der Waals surface area contributed by atoms with Gasteiger partial charge in [-0.25, -0.2) is 9.59 Å². The van der Waals surface area contributed by atoms with Crippen molar-refractivity contribution in [3.05, 3.63) is 36.5 Å². The molecule has 0 unspecified atom stereocenters. The minimum Gasteiger partial charge on any atom is -0.480 e. The SMILES string of the molecule is CCC[C@H](NC(=O)Nc1ccc2ncccc2c1)C(=O)O. The van der Waals surface area contributed by atoms with Gasteiger partial charge in [0, 0.05) is 17.3 Å². The highest BCUT2D eigenvalue weighted by molar-refractivity contribution is 5.94. The number of amides is 2. The lowest BCUT2D eigenvalue weighted by Gasteiger charge is -2.14. The van der Waals surface area contributed by atoms with Gasteiger partial charge >= 0.3 is 12.0 Å². The first kappa shape index (κ1) is 14.8. The molecule has 2 aromatic rings. The number of hydrogen-bond acceptors (Lipinski definition) is 3. The van der Waals surface area contributed by atoms with Gasteiger partial charge in [0.2, 0.25) is 0 Å². The fraction of sp³-hybridized carbons (Fsp3) is 0.267. The van der Waals surface area contributed by atoms with Gasteiger partial charge in [0.25, 0.3) is 0 Å². The Balaban J connectivity index is 2.05. The Labute approximate surface area is 122 Å². The predicted molar refractivity (Wildman–Crippen MR) is 80.2 cm³/mol. The average Bonchev–Trinajstić information content (AvgIpc) is 2.46. The molecule has 0 radical (unpaired) electrons. The summed E-state index contributed by atoms with van der Waals surface area (Å²) in [7, 11) is 0. The van der Waals surface area contributed by atoms with E-state index in [1.54, 1.807) is 24.4 Å². The van der Waals surface area contributed by atoms with Crippen LogP contribution < -0.4 is 10.6 Å². The second-order valence-electron chi connectivity index (χ2n) is 4.69. The number of fused-ring (bicyclic) bond motifs is 1. The first-order valence-electron chi connectivity index (χ1n) is 6.75. The molecule has 0 aliphatic carbocycles. The number of rotatable bonds is 5. The van der Waals surface area contributed by atoms with E-state index >= 15 is 0 Å². The van der Waals surface area contributed by atoms with E-state index in [9.17, 15) is 9.59 Å². The molecule has 1 heterocycles. The number of carbonyl (C=O) groups excluding carboxylic acids is 1. The first-order valence-corrected chi connectivity index (χ1v) is 6.75. The lowest BCUT2D eigenvalue weighted by molar-refractivity contribution is -0.139. The smallest absolute Gasteiger partial charge is 0.326 e. The number of nitrogens with zero attached hydrogens (tertiary/aromatic N) is 1. The molecule has 110 valence electrons. The summed E-state index contributed by atoms with van der Waals surface area (Å²) in [5.41, 5.74) is 1.42. The lowest BCUT2D eigenvalue weighted by atomic mass is 10.2. The Kier molecular flexibility index (Phi) is 4.71. The third kappa shape index (κ3) is 3.92. The van der Waals surface area contributed by atoms with Crippen LogP contribution in [-0.2, 0) is 4.79 Å². The van der Waals surface area contributed by atoms with Crippen LogP contribution in [0.5, 0.6) is 0 Å². The van der Waals surface area contributed by atoms with Gasteiger partial charge in [-0.05, 0) is 30.7 Å². The summed E-state index contributed by atoms with van der Waals surface area (Å²) in [6, 6.07) is 7.61. The van der Waals surface area contributed by atoms with Crippen molar-refractivity contribution < 1.29 is 14.7 Å². The third-order valence-electron chi connectivity index (χ3n) is 3.04. The fourth-order valence-electron chi connectivity index (χ4n) is 2.02. The molecule has 2 rings (SSSR count). The molecule has 0 fully saturated rings. The Morgan fingerprint density at radius 3 is 2.86 bits per heavy atom. The summed E-state index contributed by atoms with van der Waals surface area (Å²) in [5.74, 6) is -1.03. The monoisotopic (exact) mass is 287 g/mol. The van der Waals surface area contributed by atoms with Crippen LogP contribution in [0.25, 0.3) is 10.9 Å². The van der Waals surface area contributed by atoms with Crippen LogP contribution in [0.15, 0.2) is 36.5 Å². The molecule has 1 aromatic carbocycles. The molecule has 0 aliphatic heterocycles. The highest BCUT2D eigenvalue weighted by atomic mass is 16.4. The fourth-order valence-corrected chi connectivity index (χ4v) is 2.02. The van der Waals surface area contributed by atoms with Crippen molar-refractivity contribution in [1.29, 1.82) is 0 Å². The van der Waals surface area contributed by atoms with Gasteiger partial charge in [0.15, 0.2) is 0 Å². The van der Waals surface area contributed by atoms with Crippen molar-refractivity contribution in [3.8, 4) is 0 Å². The molecule has 3 N–H and O–H groups in total. The normalized spacial score (nSPS) is 11.9. The molecule has 1 atom stereocenters. The minimum atomic E-state index is -1.03. The molecule has 1 aromatic heterocycles. The summed E-state index contributed by atoms with van der Waals surface area (Å²) in [6.45, 7) is 1.87. The summed E-state index contributed by atoms with van der Waals surface area (Å²) in [6.07, 6.45) is 2.77. The zero-order valence-electron chi connectivity index (χ0n) is 11.7. The maximum absolute atomic E-state index is 11.8. The molecule has 0 saturated carbocycles. The van der Waals surface area contributed by atoms with Gasteiger partial charge < -0.3 is 15.7 Å². The molecule has 0 spiro atoms. The Morgan fingerprint density at radius 1 is 1.33 bits per heavy atom. The quantitative estimate of drug-likeness (QED) is 0.788. The zero-order valence-corrected chi connectivity index (χ0v) is 11.7. The molecule has 21 heavy (non-hydrogen) atoms. The standard InChI is InChI=1S/C15H17N3O3/c1-2-4-13(14(19)20)18-15(21)17-11-6-7-12-10(9-11)5-3-8-16-12/h3,5-9,13H,2,4H2,1H3,(H,19,20)(H2,17,18,21)/t13-/m0/s1. The Morgan fingerprint density at radius 2 is 2.14 bits per heavy atom. The molecule has 6 nitrogen and oxygen atoms in total. The number of carbonyl (C=O) groups is 2. The number of hydrogen-bond donors (Lipinski definition) is 3. The van der Waals surface area contributed by atoms with Gasteiger partial charge in [-0.2, -0.15) is 0 Å². The zero-order chi connectivity index (χ0) is 15.2. The van der Waals surface area contributed by atoms with E-state index in [1.165, 1.54) is 0 Å². The van der Waals surface area contributed by atoms with Crippen LogP contribution >= 0.6 is 0 Å². The molecule has 0 saturated heterocycles. The van der Waals surface area contributed by atoms with E-state index in [0.29, 0.717) is 18.5 Å². The van der Waals surface area contributed by atoms with Crippen LogP contribution in [0, 0.1) is 0 Å². The number of benzene rings is 1. The van der Waals surface area contributed by atoms with Crippen LogP contribution in [-0.4, -0.2) is 28.1 Å². The minimum absolute atomic E-state index is 0.393. The van der Waals surface area contributed by atoms with E-state index in [-0.39, 0.29) is 0 Å². The van der Waals surface area contributed by atoms with E-state index in [2.05, 4.69) is 15.6 Å². The van der Waals surface area contributed by atoms with Crippen LogP contribution in [0.2, 0.25) is 0 Å². The number of aromatic nitrogens is 1. The maximum atomic E-state index is 11.8. The number of urea groups is 1. The second-order valence-corrected chi connectivity index (χ2v) is 4.69. The van der Waals surface area contributed by atoms with Crippen molar-refractivity contribution in [2.24, 2.45) is 0 Å². The van der Waals surface area contributed by atoms with E-state index in [1.807, 2.05) is 19.1 Å². The Hall–Kier alpha value is -2.63. The maximum Gasteiger partial charge on any atom is 0.326 e. The largest absolute Gasteiger partial charge is 0.480 e. The van der Waals surface area contributed by atoms with Gasteiger partial charge in [0.05, 0.1) is 5.52 Å². The topological polar surface area (TPSA) is 91.3 Å². The van der Waals surface area contributed by atoms with Crippen LogP contribution in [0.4, 0.5) is 10.5 Å². The van der Waals surface area contributed by atoms with Crippen molar-refractivity contribution >= 4 is 28.6 Å². The molecule has 6 heteroatoms. The third-order valence-corrected chi connectivity index (χ3v) is 3.04. The molecule has 0 bridgehead atoms. The van der Waals surface area contributed by atoms with E-state index in [4.69, 9.17) is 5.11 Å². The summed E-state index contributed by atoms with van der Waals surface area (Å²) in [4.78, 5) is 27.0. The first-order chi connectivity index (χ1) is 10.1. The number of carboxylic acids is 1. The van der Waals surface area contributed by atoms with Crippen molar-refractivity contribution in [3.63, 3.8) is 0 Å². The predicted octanol–water partition coefficient (Wildman–Crippen LogP) is 2.61. The summed E-state index contributed by atoms with van der Waals surface area (Å²) >= 11 is 0. The van der Waals surface area contributed by atoms with Gasteiger partial charge in [-0.3, -0.25) is 4.98 Å². The van der Waals surface area contributed by atoms with Crippen LogP contribution in [0.1, 0.15) is 19.8 Å². The number of nitrogens with one attached hydrogen (secondary N) is 2. The highest BCUT2D eigenvalue weighted by Crippen LogP contribution is 2.16. The van der Waals surface area contributed by atoms with Crippen molar-refractivity contribution in [1.82, 2.24) is 10.3 Å². The molecular formula is C15H17N3O3. The average molecular weight is 287 g/mol. The second kappa shape index (κ2) is 6.69. The van der Waals surface area contributed by atoms with Crippen LogP contribution in [0.3, 0.4) is 0 Å². The van der Waals surface area contributed by atoms with Gasteiger partial charge in [-0.1, -0.05) is 19.4 Å². The number of aliphatic carboxylic acids is 1. The number of carboxylic acid groups (broad SMARTS) is 1. The Bertz CT molecular complexity index is 657. The number of anilines is 1. The van der Waals surface area contributed by atoms with E-state index in [0.717, 1.165) is 10.9 Å². The van der Waals surface area contributed by atoms with Crippen molar-refractivity contribution in [2.45, 2.75) is 25.8 Å². The summed E-state index contributed by atoms with van der Waals surface area (Å²) < 4.78 is 0. The van der Waals surface area contributed by atoms with E-state index < -0.39 is 18.0 Å². The summed E-state index contributed by atoms with van der Waals surface area (Å²) in [5, 5.41) is 15.0. The molecule has 2 amide bonds. The molecular weight excluding hydrogens is 270 g/mol. The lowest BCUT2D eigenvalue weighted by Crippen LogP contribution is -2.42. The van der Waals surface area contributed by atoms with Gasteiger partial charge in [0.1, 0.15) is 6.04 Å². The van der Waals surface area contributed by atoms with Crippen molar-refractivity contribution in [2.75, 3.05) is 5.32 Å². The number of pyridine rings is 1. The highest BCUT2D eigenvalue weighted by Gasteiger charge is 2.18. The molecule has 0 aliphatic rings. The van der Waals surface area contributed by atoms with Gasteiger partial charge in [-0.15, -0.1) is 0 Å².